The van der Waals surface area contributed by atoms with E-state index in [0.29, 0.717) is 0 Å². The van der Waals surface area contributed by atoms with Crippen molar-refractivity contribution in [1.29, 1.82) is 0 Å². The number of hydrogen-bond acceptors (Lipinski definition) is 1. The molecular weight excluding hydrogens is 343 g/mol. The first-order chi connectivity index (χ1) is 10.1. The van der Waals surface area contributed by atoms with Crippen LogP contribution in [-0.2, 0) is 0 Å². The van der Waals surface area contributed by atoms with Crippen LogP contribution in [0.15, 0.2) is 91.0 Å². The average molecular weight is 359 g/mol. The molecule has 3 rings (SSSR count). The van der Waals surface area contributed by atoms with Crippen LogP contribution < -0.4 is 15.9 Å². The first-order valence-electron chi connectivity index (χ1n) is 6.77. The Kier molecular flexibility index (Phi) is 3.71. The molecule has 0 atom stereocenters. The van der Waals surface area contributed by atoms with Crippen molar-refractivity contribution < 1.29 is 4.89 Å². The molecule has 1 N–H and O–H groups in total. The van der Waals surface area contributed by atoms with Crippen molar-refractivity contribution in [2.24, 2.45) is 0 Å². The third-order valence-corrected chi connectivity index (χ3v) is 11.1. The van der Waals surface area contributed by atoms with Gasteiger partial charge in [0.2, 0.25) is 0 Å². The maximum atomic E-state index is 11.9. The van der Waals surface area contributed by atoms with E-state index in [-0.39, 0.29) is 0 Å². The molecule has 0 spiro atoms. The molecule has 3 heteroatoms. The van der Waals surface area contributed by atoms with E-state index >= 15 is 0 Å². The topological polar surface area (TPSA) is 20.2 Å². The van der Waals surface area contributed by atoms with Gasteiger partial charge in [-0.15, -0.1) is 0 Å². The van der Waals surface area contributed by atoms with Gasteiger partial charge in [0.15, 0.2) is 0 Å². The third kappa shape index (κ3) is 2.34. The molecule has 1 nitrogen and oxygen atoms in total. The Hall–Kier alpha value is -1.47. The second-order valence-electron chi connectivity index (χ2n) is 4.97. The Morgan fingerprint density at radius 3 is 1.00 bits per heavy atom. The Labute approximate surface area is 133 Å². The van der Waals surface area contributed by atoms with Crippen LogP contribution in [-0.4, -0.2) is 4.89 Å². The van der Waals surface area contributed by atoms with Crippen molar-refractivity contribution in [3.63, 3.8) is 0 Å². The van der Waals surface area contributed by atoms with Gasteiger partial charge in [0, 0.05) is 0 Å². The van der Waals surface area contributed by atoms with Gasteiger partial charge in [-0.3, -0.25) is 0 Å². The second-order valence-corrected chi connectivity index (χ2v) is 12.6. The molecular formula is C18H16BrOP. The molecule has 0 saturated carbocycles. The first kappa shape index (κ1) is 14.5. The van der Waals surface area contributed by atoms with Crippen LogP contribution in [0.25, 0.3) is 0 Å². The maximum absolute atomic E-state index is 11.9. The molecule has 3 aromatic rings. The van der Waals surface area contributed by atoms with Gasteiger partial charge in [0.1, 0.15) is 0 Å². The van der Waals surface area contributed by atoms with Gasteiger partial charge in [-0.05, 0) is 0 Å². The summed E-state index contributed by atoms with van der Waals surface area (Å²) in [5.74, 6) is 0. The van der Waals surface area contributed by atoms with Crippen LogP contribution in [0.2, 0.25) is 0 Å². The van der Waals surface area contributed by atoms with Crippen LogP contribution in [0, 0.1) is 0 Å². The molecule has 0 amide bonds. The molecule has 0 saturated heterocycles. The molecule has 106 valence electrons. The summed E-state index contributed by atoms with van der Waals surface area (Å²) in [7, 11) is 0. The zero-order valence-corrected chi connectivity index (χ0v) is 13.9. The molecule has 0 aromatic heterocycles. The Bertz CT molecular complexity index is 624. The summed E-state index contributed by atoms with van der Waals surface area (Å²) in [4.78, 5) is 11.9. The van der Waals surface area contributed by atoms with Crippen LogP contribution in [0.1, 0.15) is 0 Å². The van der Waals surface area contributed by atoms with Gasteiger partial charge < -0.3 is 0 Å². The normalized spacial score (nSPS) is 13.3. The first-order valence-corrected chi connectivity index (χ1v) is 11.0. The number of hydrogen-bond donors (Lipinski definition) is 1. The SMILES string of the molecule is OP(Br)(c1ccccc1)(c1ccccc1)c1ccccc1. The van der Waals surface area contributed by atoms with Crippen molar-refractivity contribution in [1.82, 2.24) is 0 Å². The molecule has 0 aliphatic rings. The molecule has 0 aliphatic heterocycles. The molecule has 0 unspecified atom stereocenters. The summed E-state index contributed by atoms with van der Waals surface area (Å²) in [6, 6.07) is 29.5. The predicted molar refractivity (Wildman–Crippen MR) is 96.3 cm³/mol. The summed E-state index contributed by atoms with van der Waals surface area (Å²) < 4.78 is 0. The standard InChI is InChI=1S/C18H16BrOP/c19-21(20,16-10-4-1-5-11-16,17-12-6-2-7-13-17)18-14-8-3-9-15-18/h1-15,20H. The van der Waals surface area contributed by atoms with Crippen LogP contribution in [0.4, 0.5) is 0 Å². The van der Waals surface area contributed by atoms with Crippen molar-refractivity contribution in [3.8, 4) is 0 Å². The molecule has 0 radical (unpaired) electrons. The Morgan fingerprint density at radius 2 is 0.762 bits per heavy atom. The van der Waals surface area contributed by atoms with Crippen LogP contribution in [0.5, 0.6) is 0 Å². The zero-order chi connectivity index (χ0) is 14.8. The fraction of sp³-hybridized carbons (Fsp3) is 0. The summed E-state index contributed by atoms with van der Waals surface area (Å²) in [6.07, 6.45) is 0. The Morgan fingerprint density at radius 1 is 0.524 bits per heavy atom. The second kappa shape index (κ2) is 5.38. The summed E-state index contributed by atoms with van der Waals surface area (Å²) in [5.41, 5.74) is -3.56. The molecule has 3 aromatic carbocycles. The van der Waals surface area contributed by atoms with Gasteiger partial charge in [-0.2, -0.15) is 0 Å². The van der Waals surface area contributed by atoms with Crippen LogP contribution >= 0.6 is 21.0 Å². The molecule has 21 heavy (non-hydrogen) atoms. The summed E-state index contributed by atoms with van der Waals surface area (Å²) >= 11 is 3.80. The van der Waals surface area contributed by atoms with E-state index in [1.165, 1.54) is 0 Å². The monoisotopic (exact) mass is 358 g/mol. The number of rotatable bonds is 3. The van der Waals surface area contributed by atoms with E-state index in [9.17, 15) is 4.89 Å². The minimum absolute atomic E-state index is 0.904. The van der Waals surface area contributed by atoms with E-state index in [1.54, 1.807) is 0 Å². The van der Waals surface area contributed by atoms with Crippen LogP contribution in [0.3, 0.4) is 0 Å². The summed E-state index contributed by atoms with van der Waals surface area (Å²) in [5, 5.41) is 2.71. The average Bonchev–Trinajstić information content (AvgIpc) is 2.57. The van der Waals surface area contributed by atoms with E-state index in [0.717, 1.165) is 15.9 Å². The van der Waals surface area contributed by atoms with Crippen molar-refractivity contribution >= 4 is 36.9 Å². The van der Waals surface area contributed by atoms with E-state index in [1.807, 2.05) is 91.0 Å². The van der Waals surface area contributed by atoms with Gasteiger partial charge in [-0.1, -0.05) is 0 Å². The number of halogens is 1. The summed E-state index contributed by atoms with van der Waals surface area (Å²) in [6.45, 7) is 0. The Balaban J connectivity index is 2.36. The van der Waals surface area contributed by atoms with Crippen molar-refractivity contribution in [2.45, 2.75) is 0 Å². The number of benzene rings is 3. The predicted octanol–water partition coefficient (Wildman–Crippen LogP) is 3.73. The van der Waals surface area contributed by atoms with Crippen molar-refractivity contribution in [2.75, 3.05) is 0 Å². The third-order valence-electron chi connectivity index (χ3n) is 3.68. The molecule has 0 fully saturated rings. The fourth-order valence-corrected chi connectivity index (χ4v) is 7.72. The van der Waals surface area contributed by atoms with Crippen molar-refractivity contribution in [3.05, 3.63) is 91.0 Å². The minimum atomic E-state index is -3.56. The van der Waals surface area contributed by atoms with Gasteiger partial charge in [-0.25, -0.2) is 0 Å². The fourth-order valence-electron chi connectivity index (χ4n) is 2.55. The molecule has 0 heterocycles. The van der Waals surface area contributed by atoms with E-state index in [2.05, 4.69) is 15.5 Å². The van der Waals surface area contributed by atoms with Gasteiger partial charge in [0.25, 0.3) is 0 Å². The zero-order valence-electron chi connectivity index (χ0n) is 11.4. The van der Waals surface area contributed by atoms with Gasteiger partial charge in [0.05, 0.1) is 0 Å². The van der Waals surface area contributed by atoms with E-state index < -0.39 is 5.53 Å². The van der Waals surface area contributed by atoms with Gasteiger partial charge >= 0.3 is 133 Å². The van der Waals surface area contributed by atoms with E-state index in [4.69, 9.17) is 0 Å². The molecule has 0 bridgehead atoms. The molecule has 0 aliphatic carbocycles. The quantitative estimate of drug-likeness (QED) is 0.707.